The van der Waals surface area contributed by atoms with E-state index in [1.165, 1.54) is 24.5 Å². The molecule has 2 rings (SSSR count). The smallest absolute Gasteiger partial charge is 0.337 e. The van der Waals surface area contributed by atoms with E-state index in [-0.39, 0.29) is 51.1 Å². The molecule has 0 radical (unpaired) electrons. The fourth-order valence-corrected chi connectivity index (χ4v) is 2.32. The topological polar surface area (TPSA) is 278 Å². The van der Waals surface area contributed by atoms with Crippen LogP contribution in [0.5, 0.6) is 0 Å². The number of nitrogens with zero attached hydrogens (tertiary/aromatic N) is 8. The van der Waals surface area contributed by atoms with Crippen LogP contribution in [0.2, 0.25) is 0 Å². The van der Waals surface area contributed by atoms with Crippen LogP contribution in [0.15, 0.2) is 46.9 Å². The van der Waals surface area contributed by atoms with Crippen molar-refractivity contribution in [2.45, 2.75) is 52.6 Å². The lowest BCUT2D eigenvalue weighted by molar-refractivity contribution is -0.138. The Hall–Kier alpha value is -5.04. The number of unbranched alkanes of at least 4 members (excludes halogenated alkanes) is 1. The molecule has 210 valence electrons. The van der Waals surface area contributed by atoms with Gasteiger partial charge >= 0.3 is 17.9 Å². The lowest BCUT2D eigenvalue weighted by atomic mass is 10.1. The first kappa shape index (κ1) is 36.1. The largest absolute Gasteiger partial charge is 0.481 e. The second-order valence-electron chi connectivity index (χ2n) is 7.12. The third-order valence-electron chi connectivity index (χ3n) is 4.22. The number of carboxylic acids is 3. The summed E-state index contributed by atoms with van der Waals surface area (Å²) in [5.41, 5.74) is 22.8. The van der Waals surface area contributed by atoms with E-state index in [1.54, 1.807) is 12.1 Å². The van der Waals surface area contributed by atoms with Gasteiger partial charge in [-0.1, -0.05) is 17.7 Å². The molecule has 0 aromatic carbocycles. The average molecular weight is 546 g/mol. The van der Waals surface area contributed by atoms with Gasteiger partial charge in [-0.2, -0.15) is 0 Å². The maximum absolute atomic E-state index is 11.5. The van der Waals surface area contributed by atoms with E-state index < -0.39 is 17.9 Å². The number of aromatic carboxylic acids is 1. The fourth-order valence-electron chi connectivity index (χ4n) is 2.32. The SMILES string of the molecule is C.NCCCCC(=O)O.[N-]=[N+]=NCc1ccc(C(=O)CCC(=O)O)cn1.[N-]=[N+]=NCc1ccc(C(=O)O)cn1. The molecule has 0 saturated heterocycles. The van der Waals surface area contributed by atoms with Gasteiger partial charge in [0.15, 0.2) is 5.78 Å². The summed E-state index contributed by atoms with van der Waals surface area (Å²) in [7, 11) is 0. The molecule has 0 aliphatic rings. The summed E-state index contributed by atoms with van der Waals surface area (Å²) in [6, 6.07) is 6.04. The number of hydrogen-bond acceptors (Lipinski definition) is 9. The number of hydrogen-bond donors (Lipinski definition) is 4. The third-order valence-corrected chi connectivity index (χ3v) is 4.22. The molecular formula is C23H31N9O7. The van der Waals surface area contributed by atoms with Crippen molar-refractivity contribution in [1.82, 2.24) is 9.97 Å². The van der Waals surface area contributed by atoms with Crippen LogP contribution in [0.25, 0.3) is 20.9 Å². The standard InChI is InChI=1S/C10H10N4O3.C7H6N4O2.C5H11NO2.CH4/c11-14-13-6-8-2-1-7(5-12-8)9(15)3-4-10(16)17;8-11-10-4-6-2-1-5(3-9-6)7(12)13;6-4-2-1-3-5(7)8;/h1-2,5H,3-4,6H2,(H,16,17);1-3H,4H2,(H,12,13);1-4,6H2,(H,7,8);1H4. The number of aromatic nitrogens is 2. The highest BCUT2D eigenvalue weighted by atomic mass is 16.4. The monoisotopic (exact) mass is 545 g/mol. The van der Waals surface area contributed by atoms with Crippen LogP contribution in [0.1, 0.15) is 71.6 Å². The van der Waals surface area contributed by atoms with Crippen molar-refractivity contribution in [3.8, 4) is 0 Å². The molecule has 2 heterocycles. The van der Waals surface area contributed by atoms with Crippen LogP contribution in [0.4, 0.5) is 0 Å². The second kappa shape index (κ2) is 22.2. The van der Waals surface area contributed by atoms with Crippen LogP contribution in [-0.4, -0.2) is 55.5 Å². The van der Waals surface area contributed by atoms with Crippen LogP contribution in [-0.2, 0) is 22.7 Å². The Morgan fingerprint density at radius 2 is 1.26 bits per heavy atom. The number of aliphatic carboxylic acids is 2. The van der Waals surface area contributed by atoms with E-state index in [4.69, 9.17) is 32.1 Å². The number of pyridine rings is 2. The van der Waals surface area contributed by atoms with Gasteiger partial charge in [0.1, 0.15) is 0 Å². The van der Waals surface area contributed by atoms with Gasteiger partial charge in [0.2, 0.25) is 0 Å². The Balaban J connectivity index is 0. The number of ketones is 1. The van der Waals surface area contributed by atoms with Gasteiger partial charge in [-0.15, -0.1) is 0 Å². The Labute approximate surface area is 223 Å². The van der Waals surface area contributed by atoms with Crippen LogP contribution < -0.4 is 5.73 Å². The summed E-state index contributed by atoms with van der Waals surface area (Å²) in [6.45, 7) is 0.851. The van der Waals surface area contributed by atoms with E-state index in [1.807, 2.05) is 0 Å². The van der Waals surface area contributed by atoms with Crippen molar-refractivity contribution in [2.24, 2.45) is 16.0 Å². The molecule has 0 atom stereocenters. The number of carbonyl (C=O) groups is 4. The lowest BCUT2D eigenvalue weighted by Crippen LogP contribution is -2.04. The maximum atomic E-state index is 11.5. The molecular weight excluding hydrogens is 514 g/mol. The first-order chi connectivity index (χ1) is 18.1. The van der Waals surface area contributed by atoms with Gasteiger partial charge in [0, 0.05) is 52.0 Å². The first-order valence-corrected chi connectivity index (χ1v) is 11.0. The summed E-state index contributed by atoms with van der Waals surface area (Å²) in [5, 5.41) is 31.7. The van der Waals surface area contributed by atoms with Gasteiger partial charge in [0.05, 0.1) is 25.1 Å². The minimum atomic E-state index is -1.03. The van der Waals surface area contributed by atoms with Crippen molar-refractivity contribution in [1.29, 1.82) is 0 Å². The number of carbonyl (C=O) groups excluding carboxylic acids is 1. The van der Waals surface area contributed by atoms with Gasteiger partial charge in [0.25, 0.3) is 0 Å². The number of carboxylic acid groups (broad SMARTS) is 3. The molecule has 0 spiro atoms. The fraction of sp³-hybridized carbons (Fsp3) is 0.391. The summed E-state index contributed by atoms with van der Waals surface area (Å²) in [4.78, 5) is 54.9. The van der Waals surface area contributed by atoms with Crippen molar-refractivity contribution >= 4 is 23.7 Å². The number of rotatable bonds is 13. The van der Waals surface area contributed by atoms with E-state index in [0.29, 0.717) is 29.9 Å². The Bertz CT molecular complexity index is 1140. The predicted molar refractivity (Wildman–Crippen MR) is 140 cm³/mol. The van der Waals surface area contributed by atoms with Gasteiger partial charge in [-0.3, -0.25) is 24.4 Å². The zero-order chi connectivity index (χ0) is 28.8. The Morgan fingerprint density at radius 1 is 0.769 bits per heavy atom. The highest BCUT2D eigenvalue weighted by Crippen LogP contribution is 2.06. The van der Waals surface area contributed by atoms with E-state index in [9.17, 15) is 19.2 Å². The van der Waals surface area contributed by atoms with Crippen molar-refractivity contribution in [3.63, 3.8) is 0 Å². The summed E-state index contributed by atoms with van der Waals surface area (Å²) < 4.78 is 0. The lowest BCUT2D eigenvalue weighted by Gasteiger charge is -2.00. The number of Topliss-reactive ketones (excluding diaryl/α,β-unsaturated/α-hetero) is 1. The van der Waals surface area contributed by atoms with Gasteiger partial charge in [-0.25, -0.2) is 4.79 Å². The normalized spacial score (nSPS) is 8.95. The molecule has 0 aliphatic carbocycles. The summed E-state index contributed by atoms with van der Waals surface area (Å²) >= 11 is 0. The summed E-state index contributed by atoms with van der Waals surface area (Å²) in [5.74, 6) is -3.04. The Kier molecular flexibility index (Phi) is 20.5. The van der Waals surface area contributed by atoms with Gasteiger partial charge in [-0.05, 0) is 54.7 Å². The summed E-state index contributed by atoms with van der Waals surface area (Å²) in [6.07, 6.45) is 4.10. The molecule has 16 heteroatoms. The molecule has 39 heavy (non-hydrogen) atoms. The minimum Gasteiger partial charge on any atom is -0.481 e. The zero-order valence-electron chi connectivity index (χ0n) is 20.3. The predicted octanol–water partition coefficient (Wildman–Crippen LogP) is 4.37. The van der Waals surface area contributed by atoms with Crippen molar-refractivity contribution in [3.05, 3.63) is 80.1 Å². The van der Waals surface area contributed by atoms with Crippen molar-refractivity contribution in [2.75, 3.05) is 6.54 Å². The molecule has 0 fully saturated rings. The molecule has 0 saturated carbocycles. The molecule has 0 unspecified atom stereocenters. The average Bonchev–Trinajstić information content (AvgIpc) is 2.90. The minimum absolute atomic E-state index is 0. The second-order valence-corrected chi connectivity index (χ2v) is 7.12. The third kappa shape index (κ3) is 18.8. The Morgan fingerprint density at radius 3 is 1.62 bits per heavy atom. The van der Waals surface area contributed by atoms with Crippen LogP contribution in [0.3, 0.4) is 0 Å². The maximum Gasteiger partial charge on any atom is 0.337 e. The van der Waals surface area contributed by atoms with Crippen molar-refractivity contribution < 1.29 is 34.5 Å². The van der Waals surface area contributed by atoms with Gasteiger partial charge < -0.3 is 21.1 Å². The number of nitrogens with two attached hydrogens (primary N) is 1. The molecule has 0 amide bonds. The first-order valence-electron chi connectivity index (χ1n) is 11.0. The van der Waals surface area contributed by atoms with E-state index >= 15 is 0 Å². The molecule has 2 aromatic rings. The molecule has 5 N–H and O–H groups in total. The van der Waals surface area contributed by atoms with E-state index in [0.717, 1.165) is 6.42 Å². The van der Waals surface area contributed by atoms with Crippen LogP contribution >= 0.6 is 0 Å². The molecule has 2 aromatic heterocycles. The molecule has 0 bridgehead atoms. The van der Waals surface area contributed by atoms with Crippen LogP contribution in [0, 0.1) is 0 Å². The number of azide groups is 2. The molecule has 16 nitrogen and oxygen atoms in total. The highest BCUT2D eigenvalue weighted by molar-refractivity contribution is 5.97. The van der Waals surface area contributed by atoms with E-state index in [2.05, 4.69) is 30.0 Å². The highest BCUT2D eigenvalue weighted by Gasteiger charge is 2.08. The quantitative estimate of drug-likeness (QED) is 0.0905. The zero-order valence-corrected chi connectivity index (χ0v) is 20.3. The molecule has 0 aliphatic heterocycles.